The van der Waals surface area contributed by atoms with E-state index in [0.29, 0.717) is 0 Å². The minimum atomic E-state index is -1.49. The molecule has 11 heteroatoms. The van der Waals surface area contributed by atoms with Gasteiger partial charge in [0.15, 0.2) is 0 Å². The van der Waals surface area contributed by atoms with Crippen molar-refractivity contribution in [2.75, 3.05) is 13.2 Å². The van der Waals surface area contributed by atoms with Gasteiger partial charge < -0.3 is 14.6 Å². The normalized spacial score (nSPS) is 12.5. The zero-order valence-corrected chi connectivity index (χ0v) is 15.8. The van der Waals surface area contributed by atoms with Crippen LogP contribution in [0.3, 0.4) is 0 Å². The molecule has 0 aliphatic carbocycles. The average molecular weight is 418 g/mol. The van der Waals surface area contributed by atoms with Crippen molar-refractivity contribution in [2.45, 2.75) is 18.9 Å². The fourth-order valence-electron chi connectivity index (χ4n) is 2.26. The molecule has 0 aromatic heterocycles. The molecule has 0 radical (unpaired) electrons. The second-order valence-corrected chi connectivity index (χ2v) is 6.57. The van der Waals surface area contributed by atoms with Crippen LogP contribution in [-0.4, -0.2) is 45.7 Å². The zero-order valence-electron chi connectivity index (χ0n) is 15.8. The van der Waals surface area contributed by atoms with Gasteiger partial charge in [-0.3, -0.25) is 20.2 Å². The van der Waals surface area contributed by atoms with Gasteiger partial charge in [-0.25, -0.2) is 9.59 Å². The molecular formula is C19H18N2O9. The number of aliphatic hydroxyl groups is 1. The lowest BCUT2D eigenvalue weighted by Crippen LogP contribution is -2.33. The number of carbonyl (C=O) groups excluding carboxylic acids is 2. The van der Waals surface area contributed by atoms with E-state index in [1.165, 1.54) is 43.3 Å². The number of rotatable bonds is 9. The van der Waals surface area contributed by atoms with Gasteiger partial charge in [-0.05, 0) is 31.2 Å². The van der Waals surface area contributed by atoms with Crippen LogP contribution in [0.1, 0.15) is 34.1 Å². The first kappa shape index (κ1) is 22.4. The lowest BCUT2D eigenvalue weighted by molar-refractivity contribution is -0.385. The Hall–Kier alpha value is -3.86. The third-order valence-corrected chi connectivity index (χ3v) is 4.02. The molecule has 0 amide bonds. The molecule has 11 nitrogen and oxygen atoms in total. The standard InChI is InChI=1S/C19H18N2O9/c1-19(24,12-30-18(23)14-4-8-16(9-5-14)21(27)28)10-11-29-17(22)13-2-6-15(7-3-13)20(25)26/h2-9,24H,10-12H2,1H3/t19-/m0/s1. The summed E-state index contributed by atoms with van der Waals surface area (Å²) in [6, 6.07) is 9.64. The van der Waals surface area contributed by atoms with Crippen LogP contribution < -0.4 is 0 Å². The highest BCUT2D eigenvalue weighted by Crippen LogP contribution is 2.16. The number of ether oxygens (including phenoxy) is 2. The van der Waals surface area contributed by atoms with Crippen LogP contribution in [0.5, 0.6) is 0 Å². The Kier molecular flexibility index (Phi) is 7.15. The molecule has 2 aromatic carbocycles. The van der Waals surface area contributed by atoms with Crippen molar-refractivity contribution in [3.63, 3.8) is 0 Å². The summed E-state index contributed by atoms with van der Waals surface area (Å²) in [6.07, 6.45) is -0.0424. The van der Waals surface area contributed by atoms with E-state index < -0.39 is 34.0 Å². The van der Waals surface area contributed by atoms with Gasteiger partial charge in [0.25, 0.3) is 11.4 Å². The van der Waals surface area contributed by atoms with Crippen LogP contribution in [0.25, 0.3) is 0 Å². The van der Waals surface area contributed by atoms with E-state index in [1.807, 2.05) is 0 Å². The molecule has 1 atom stereocenters. The molecule has 0 saturated carbocycles. The predicted molar refractivity (Wildman–Crippen MR) is 102 cm³/mol. The first-order chi connectivity index (χ1) is 14.1. The van der Waals surface area contributed by atoms with Gasteiger partial charge in [0.1, 0.15) is 6.61 Å². The largest absolute Gasteiger partial charge is 0.462 e. The topological polar surface area (TPSA) is 159 Å². The van der Waals surface area contributed by atoms with E-state index in [9.17, 15) is 34.9 Å². The van der Waals surface area contributed by atoms with Gasteiger partial charge in [0.2, 0.25) is 0 Å². The van der Waals surface area contributed by atoms with Crippen molar-refractivity contribution < 1.29 is 34.0 Å². The van der Waals surface area contributed by atoms with Gasteiger partial charge >= 0.3 is 11.9 Å². The zero-order chi connectivity index (χ0) is 22.3. The van der Waals surface area contributed by atoms with Crippen LogP contribution in [0.4, 0.5) is 11.4 Å². The quantitative estimate of drug-likeness (QED) is 0.367. The van der Waals surface area contributed by atoms with E-state index in [2.05, 4.69) is 0 Å². The summed E-state index contributed by atoms with van der Waals surface area (Å²) in [5.74, 6) is -1.49. The molecule has 158 valence electrons. The number of esters is 2. The van der Waals surface area contributed by atoms with E-state index in [1.54, 1.807) is 0 Å². The lowest BCUT2D eigenvalue weighted by Gasteiger charge is -2.22. The second-order valence-electron chi connectivity index (χ2n) is 6.57. The van der Waals surface area contributed by atoms with Crippen LogP contribution in [-0.2, 0) is 9.47 Å². The Bertz CT molecular complexity index is 937. The molecule has 0 spiro atoms. The highest BCUT2D eigenvalue weighted by atomic mass is 16.6. The molecule has 30 heavy (non-hydrogen) atoms. The van der Waals surface area contributed by atoms with E-state index in [-0.39, 0.29) is 35.5 Å². The van der Waals surface area contributed by atoms with E-state index in [0.717, 1.165) is 12.1 Å². The third-order valence-electron chi connectivity index (χ3n) is 4.02. The highest BCUT2D eigenvalue weighted by Gasteiger charge is 2.24. The number of carbonyl (C=O) groups is 2. The lowest BCUT2D eigenvalue weighted by atomic mass is 10.0. The van der Waals surface area contributed by atoms with Crippen LogP contribution in [0.15, 0.2) is 48.5 Å². The summed E-state index contributed by atoms with van der Waals surface area (Å²) >= 11 is 0. The Morgan fingerprint density at radius 3 is 1.67 bits per heavy atom. The Morgan fingerprint density at radius 1 is 0.867 bits per heavy atom. The molecule has 0 heterocycles. The van der Waals surface area contributed by atoms with Gasteiger partial charge in [-0.15, -0.1) is 0 Å². The van der Waals surface area contributed by atoms with Crippen molar-refractivity contribution in [2.24, 2.45) is 0 Å². The number of nitro benzene ring substituents is 2. The molecule has 0 bridgehead atoms. The fourth-order valence-corrected chi connectivity index (χ4v) is 2.26. The molecule has 0 aliphatic rings. The average Bonchev–Trinajstić information content (AvgIpc) is 2.72. The Balaban J connectivity index is 1.80. The summed E-state index contributed by atoms with van der Waals surface area (Å²) in [5, 5.41) is 31.5. The van der Waals surface area contributed by atoms with Crippen molar-refractivity contribution in [3.05, 3.63) is 79.9 Å². The molecule has 1 N–H and O–H groups in total. The maximum Gasteiger partial charge on any atom is 0.338 e. The Morgan fingerprint density at radius 2 is 1.27 bits per heavy atom. The van der Waals surface area contributed by atoms with Crippen LogP contribution in [0.2, 0.25) is 0 Å². The summed E-state index contributed by atoms with van der Waals surface area (Å²) < 4.78 is 10.0. The fraction of sp³-hybridized carbons (Fsp3) is 0.263. The summed E-state index contributed by atoms with van der Waals surface area (Å²) in [7, 11) is 0. The minimum absolute atomic E-state index is 0.0424. The summed E-state index contributed by atoms with van der Waals surface area (Å²) in [4.78, 5) is 43.9. The van der Waals surface area contributed by atoms with Crippen molar-refractivity contribution in [1.29, 1.82) is 0 Å². The van der Waals surface area contributed by atoms with Crippen molar-refractivity contribution in [3.8, 4) is 0 Å². The maximum atomic E-state index is 12.0. The molecule has 0 fully saturated rings. The first-order valence-electron chi connectivity index (χ1n) is 8.64. The van der Waals surface area contributed by atoms with Gasteiger partial charge in [0, 0.05) is 30.7 Å². The number of benzene rings is 2. The van der Waals surface area contributed by atoms with Crippen molar-refractivity contribution in [1.82, 2.24) is 0 Å². The van der Waals surface area contributed by atoms with Crippen LogP contribution in [0, 0.1) is 20.2 Å². The summed E-state index contributed by atoms with van der Waals surface area (Å²) in [5.41, 5.74) is -1.63. The smallest absolute Gasteiger partial charge is 0.338 e. The van der Waals surface area contributed by atoms with E-state index in [4.69, 9.17) is 9.47 Å². The number of non-ortho nitro benzene ring substituents is 2. The van der Waals surface area contributed by atoms with Crippen LogP contribution >= 0.6 is 0 Å². The third kappa shape index (κ3) is 6.34. The monoisotopic (exact) mass is 418 g/mol. The minimum Gasteiger partial charge on any atom is -0.462 e. The van der Waals surface area contributed by atoms with Gasteiger partial charge in [-0.2, -0.15) is 0 Å². The predicted octanol–water partition coefficient (Wildman–Crippen LogP) is 2.66. The molecule has 0 aliphatic heterocycles. The molecule has 2 rings (SSSR count). The van der Waals surface area contributed by atoms with E-state index >= 15 is 0 Å². The second kappa shape index (κ2) is 9.56. The number of nitrogens with zero attached hydrogens (tertiary/aromatic N) is 2. The Labute approximate surface area is 170 Å². The SMILES string of the molecule is C[C@](O)(CCOC(=O)c1ccc([N+](=O)[O-])cc1)COC(=O)c1ccc([N+](=O)[O-])cc1. The number of hydrogen-bond donors (Lipinski definition) is 1. The summed E-state index contributed by atoms with van der Waals surface area (Å²) in [6.45, 7) is 0.811. The number of hydrogen-bond acceptors (Lipinski definition) is 9. The molecule has 0 saturated heterocycles. The highest BCUT2D eigenvalue weighted by molar-refractivity contribution is 5.90. The molecular weight excluding hydrogens is 400 g/mol. The maximum absolute atomic E-state index is 12.0. The first-order valence-corrected chi connectivity index (χ1v) is 8.64. The molecule has 2 aromatic rings. The van der Waals surface area contributed by atoms with Gasteiger partial charge in [-0.1, -0.05) is 0 Å². The van der Waals surface area contributed by atoms with Gasteiger partial charge in [0.05, 0.1) is 33.2 Å². The van der Waals surface area contributed by atoms with Crippen molar-refractivity contribution >= 4 is 23.3 Å². The molecule has 0 unspecified atom stereocenters. The number of nitro groups is 2.